The van der Waals surface area contributed by atoms with Gasteiger partial charge in [-0.2, -0.15) is 0 Å². The Morgan fingerprint density at radius 1 is 0.750 bits per heavy atom. The number of ketones is 1. The Hall–Kier alpha value is -1.39. The van der Waals surface area contributed by atoms with E-state index in [1.807, 2.05) is 0 Å². The van der Waals surface area contributed by atoms with Gasteiger partial charge in [0.2, 0.25) is 0 Å². The molecule has 120 valence electrons. The van der Waals surface area contributed by atoms with Crippen LogP contribution in [0.3, 0.4) is 0 Å². The van der Waals surface area contributed by atoms with Gasteiger partial charge in [-0.05, 0) is 88.0 Å². The second-order valence-corrected chi connectivity index (χ2v) is 7.37. The van der Waals surface area contributed by atoms with E-state index in [9.17, 15) is 4.79 Å². The maximum Gasteiger partial charge on any atom is 0.292 e. The lowest BCUT2D eigenvalue weighted by molar-refractivity contribution is 0.103. The van der Waals surface area contributed by atoms with Gasteiger partial charge >= 0.3 is 0 Å². The number of nitrogens with zero attached hydrogens (tertiary/aromatic N) is 2. The monoisotopic (exact) mass is 576 g/mol. The van der Waals surface area contributed by atoms with Crippen molar-refractivity contribution in [3.63, 3.8) is 0 Å². The van der Waals surface area contributed by atoms with Gasteiger partial charge in [0.15, 0.2) is 17.3 Å². The first-order valence-electron chi connectivity index (χ1n) is 6.05. The largest absolute Gasteiger partial charge is 0.387 e. The van der Waals surface area contributed by atoms with E-state index in [4.69, 9.17) is 20.0 Å². The lowest BCUT2D eigenvalue weighted by Gasteiger charge is -2.11. The fraction of sp³-hybridized carbons (Fsp3) is 0. The van der Waals surface area contributed by atoms with E-state index in [1.165, 1.54) is 12.1 Å². The molecule has 5 nitrogen and oxygen atoms in total. The molecule has 9 heteroatoms. The summed E-state index contributed by atoms with van der Waals surface area (Å²) < 4.78 is 11.4. The first-order chi connectivity index (χ1) is 11.4. The van der Waals surface area contributed by atoms with Gasteiger partial charge in [-0.1, -0.05) is 0 Å². The number of carbonyl (C=O) groups is 1. The minimum Gasteiger partial charge on any atom is -0.387 e. The van der Waals surface area contributed by atoms with Crippen LogP contribution < -0.4 is 9.47 Å². The Balaban J connectivity index is 2.51. The molecule has 0 aromatic heterocycles. The Bertz CT molecular complexity index is 843. The summed E-state index contributed by atoms with van der Waals surface area (Å²) in [7, 11) is 0. The normalized spacial score (nSPS) is 9.75. The van der Waals surface area contributed by atoms with Gasteiger partial charge in [-0.25, -0.2) is 0 Å². The van der Waals surface area contributed by atoms with Crippen LogP contribution in [0.1, 0.15) is 15.9 Å². The van der Waals surface area contributed by atoms with Crippen molar-refractivity contribution < 1.29 is 14.3 Å². The second-order valence-electron chi connectivity index (χ2n) is 4.19. The van der Waals surface area contributed by atoms with Crippen LogP contribution in [-0.4, -0.2) is 5.78 Å². The Kier molecular flexibility index (Phi) is 6.41. The third-order valence-electron chi connectivity index (χ3n) is 2.89. The van der Waals surface area contributed by atoms with Gasteiger partial charge in [0, 0.05) is 20.1 Å². The SMILES string of the molecule is N#COc1ccc(C(=O)c2ccc(OC#N)c(Br)c2Br)c(Br)c1Br. The summed E-state index contributed by atoms with van der Waals surface area (Å²) in [6.07, 6.45) is 3.15. The summed E-state index contributed by atoms with van der Waals surface area (Å²) in [5, 5.41) is 17.2. The van der Waals surface area contributed by atoms with Crippen LogP contribution in [0.25, 0.3) is 0 Å². The highest BCUT2D eigenvalue weighted by atomic mass is 79.9. The minimum absolute atomic E-state index is 0.276. The van der Waals surface area contributed by atoms with Gasteiger partial charge in [-0.3, -0.25) is 4.79 Å². The topological polar surface area (TPSA) is 83.1 Å². The second kappa shape index (κ2) is 8.13. The van der Waals surface area contributed by atoms with Crippen LogP contribution in [-0.2, 0) is 0 Å². The van der Waals surface area contributed by atoms with Crippen molar-refractivity contribution in [1.82, 2.24) is 0 Å². The van der Waals surface area contributed by atoms with Gasteiger partial charge < -0.3 is 9.47 Å². The highest BCUT2D eigenvalue weighted by molar-refractivity contribution is 9.13. The van der Waals surface area contributed by atoms with E-state index < -0.39 is 0 Å². The third-order valence-corrected chi connectivity index (χ3v) is 7.18. The van der Waals surface area contributed by atoms with Gasteiger partial charge in [-0.15, -0.1) is 10.5 Å². The Morgan fingerprint density at radius 2 is 1.12 bits per heavy atom. The summed E-state index contributed by atoms with van der Waals surface area (Å²) >= 11 is 13.2. The van der Waals surface area contributed by atoms with Crippen molar-refractivity contribution >= 4 is 69.5 Å². The standard InChI is InChI=1S/C15H4Br4N2O3/c16-11-7(1-3-9(13(11)18)23-5-20)15(22)8-2-4-10(24-6-21)14(19)12(8)17/h1-4H. The summed E-state index contributed by atoms with van der Waals surface area (Å²) in [6, 6.07) is 6.12. The molecule has 0 N–H and O–H groups in total. The van der Waals surface area contributed by atoms with Gasteiger partial charge in [0.1, 0.15) is 0 Å². The maximum atomic E-state index is 12.8. The molecule has 24 heavy (non-hydrogen) atoms. The molecule has 0 spiro atoms. The molecule has 2 aromatic rings. The molecule has 0 aliphatic heterocycles. The average Bonchev–Trinajstić information content (AvgIpc) is 2.56. The zero-order valence-electron chi connectivity index (χ0n) is 11.4. The number of hydrogen-bond donors (Lipinski definition) is 0. The molecular formula is C15H4Br4N2O3. The summed E-state index contributed by atoms with van der Waals surface area (Å²) in [6.45, 7) is 0. The highest BCUT2D eigenvalue weighted by Gasteiger charge is 2.21. The molecule has 2 rings (SSSR count). The van der Waals surface area contributed by atoms with E-state index >= 15 is 0 Å². The molecule has 0 atom stereocenters. The van der Waals surface area contributed by atoms with Crippen molar-refractivity contribution in [3.05, 3.63) is 53.3 Å². The molecule has 0 aliphatic carbocycles. The molecule has 0 bridgehead atoms. The van der Waals surface area contributed by atoms with Crippen molar-refractivity contribution in [2.75, 3.05) is 0 Å². The molecule has 0 unspecified atom stereocenters. The van der Waals surface area contributed by atoms with Crippen LogP contribution in [0.4, 0.5) is 0 Å². The smallest absolute Gasteiger partial charge is 0.292 e. The lowest BCUT2D eigenvalue weighted by Crippen LogP contribution is -2.05. The third kappa shape index (κ3) is 3.65. The summed E-state index contributed by atoms with van der Waals surface area (Å²) in [4.78, 5) is 12.8. The fourth-order valence-corrected chi connectivity index (χ4v) is 3.68. The van der Waals surface area contributed by atoms with Crippen LogP contribution in [0.2, 0.25) is 0 Å². The molecule has 0 amide bonds. The Labute approximate surface area is 170 Å². The molecule has 0 heterocycles. The maximum absolute atomic E-state index is 12.8. The van der Waals surface area contributed by atoms with Crippen LogP contribution in [0.15, 0.2) is 42.2 Å². The minimum atomic E-state index is -0.276. The van der Waals surface area contributed by atoms with E-state index in [0.717, 1.165) is 0 Å². The van der Waals surface area contributed by atoms with Crippen molar-refractivity contribution in [3.8, 4) is 24.0 Å². The van der Waals surface area contributed by atoms with E-state index in [2.05, 4.69) is 63.7 Å². The zero-order chi connectivity index (χ0) is 17.9. The number of benzene rings is 2. The zero-order valence-corrected chi connectivity index (χ0v) is 17.8. The van der Waals surface area contributed by atoms with E-state index in [0.29, 0.717) is 40.5 Å². The predicted octanol–water partition coefficient (Wildman–Crippen LogP) is 5.69. The van der Waals surface area contributed by atoms with Gasteiger partial charge in [0.25, 0.3) is 12.5 Å². The fourth-order valence-electron chi connectivity index (χ4n) is 1.82. The van der Waals surface area contributed by atoms with Gasteiger partial charge in [0.05, 0.1) is 8.95 Å². The number of nitriles is 2. The average molecular weight is 580 g/mol. The van der Waals surface area contributed by atoms with Crippen LogP contribution in [0, 0.1) is 23.0 Å². The number of hydrogen-bond acceptors (Lipinski definition) is 5. The van der Waals surface area contributed by atoms with E-state index in [-0.39, 0.29) is 5.78 Å². The number of ether oxygens (including phenoxy) is 2. The summed E-state index contributed by atoms with van der Waals surface area (Å²) in [5.74, 6) is 0.306. The molecule has 0 aliphatic rings. The van der Waals surface area contributed by atoms with E-state index in [1.54, 1.807) is 24.6 Å². The Morgan fingerprint density at radius 3 is 1.46 bits per heavy atom. The van der Waals surface area contributed by atoms with Crippen LogP contribution >= 0.6 is 63.7 Å². The first kappa shape index (κ1) is 18.9. The molecule has 0 saturated carbocycles. The number of halogens is 4. The highest BCUT2D eigenvalue weighted by Crippen LogP contribution is 2.39. The molecule has 0 fully saturated rings. The first-order valence-corrected chi connectivity index (χ1v) is 9.22. The van der Waals surface area contributed by atoms with Crippen molar-refractivity contribution in [1.29, 1.82) is 10.5 Å². The molecule has 2 aromatic carbocycles. The molecule has 0 radical (unpaired) electrons. The van der Waals surface area contributed by atoms with Crippen molar-refractivity contribution in [2.24, 2.45) is 0 Å². The number of carbonyl (C=O) groups excluding carboxylic acids is 1. The lowest BCUT2D eigenvalue weighted by atomic mass is 10.0. The predicted molar refractivity (Wildman–Crippen MR) is 99.6 cm³/mol. The van der Waals surface area contributed by atoms with Crippen LogP contribution in [0.5, 0.6) is 11.5 Å². The summed E-state index contributed by atoms with van der Waals surface area (Å²) in [5.41, 5.74) is 0.738. The van der Waals surface area contributed by atoms with Crippen molar-refractivity contribution in [2.45, 2.75) is 0 Å². The molecule has 0 saturated heterocycles. The quantitative estimate of drug-likeness (QED) is 0.343. The number of rotatable bonds is 4. The molecular weight excluding hydrogens is 576 g/mol.